The van der Waals surface area contributed by atoms with Crippen molar-refractivity contribution >= 4 is 23.5 Å². The first-order valence-corrected chi connectivity index (χ1v) is 5.52. The third-order valence-corrected chi connectivity index (χ3v) is 2.41. The highest BCUT2D eigenvalue weighted by Gasteiger charge is 2.00. The van der Waals surface area contributed by atoms with Gasteiger partial charge in [-0.25, -0.2) is 8.78 Å². The second-order valence-electron chi connectivity index (χ2n) is 3.55. The van der Waals surface area contributed by atoms with E-state index in [0.717, 1.165) is 12.1 Å². The Balaban J connectivity index is 2.05. The van der Waals surface area contributed by atoms with Gasteiger partial charge in [-0.2, -0.15) is 5.10 Å². The maximum absolute atomic E-state index is 12.9. The molecule has 0 heterocycles. The van der Waals surface area contributed by atoms with E-state index in [1.54, 1.807) is 24.3 Å². The van der Waals surface area contributed by atoms with Gasteiger partial charge in [0.15, 0.2) is 11.6 Å². The van der Waals surface area contributed by atoms with Crippen LogP contribution in [0.15, 0.2) is 47.6 Å². The van der Waals surface area contributed by atoms with E-state index in [9.17, 15) is 8.78 Å². The molecule has 0 aromatic heterocycles. The van der Waals surface area contributed by atoms with Crippen LogP contribution in [0.3, 0.4) is 0 Å². The predicted molar refractivity (Wildman–Crippen MR) is 69.0 cm³/mol. The number of benzene rings is 2. The average Bonchev–Trinajstić information content (AvgIpc) is 2.34. The first kappa shape index (κ1) is 12.5. The van der Waals surface area contributed by atoms with E-state index in [0.29, 0.717) is 16.3 Å². The molecule has 0 unspecified atom stereocenters. The number of nitrogens with one attached hydrogen (secondary N) is 1. The summed E-state index contributed by atoms with van der Waals surface area (Å²) in [5.41, 5.74) is 3.91. The summed E-state index contributed by atoms with van der Waals surface area (Å²) in [4.78, 5) is 0. The summed E-state index contributed by atoms with van der Waals surface area (Å²) in [6.45, 7) is 0. The summed E-state index contributed by atoms with van der Waals surface area (Å²) in [7, 11) is 0. The number of hydrogen-bond donors (Lipinski definition) is 1. The predicted octanol–water partition coefficient (Wildman–Crippen LogP) is 4.06. The minimum absolute atomic E-state index is 0.462. The van der Waals surface area contributed by atoms with Gasteiger partial charge in [-0.3, -0.25) is 5.43 Å². The monoisotopic (exact) mass is 266 g/mol. The van der Waals surface area contributed by atoms with E-state index in [-0.39, 0.29) is 0 Å². The third-order valence-electron chi connectivity index (χ3n) is 2.18. The van der Waals surface area contributed by atoms with Crippen LogP contribution in [0.1, 0.15) is 5.56 Å². The van der Waals surface area contributed by atoms with Crippen LogP contribution in [0.4, 0.5) is 14.5 Å². The lowest BCUT2D eigenvalue weighted by atomic mass is 10.2. The first-order chi connectivity index (χ1) is 8.65. The molecule has 0 atom stereocenters. The SMILES string of the molecule is Fc1ccc(/C=N\Nc2cccc(Cl)c2)cc1F. The van der Waals surface area contributed by atoms with Crippen molar-refractivity contribution in [3.63, 3.8) is 0 Å². The Morgan fingerprint density at radius 1 is 1.06 bits per heavy atom. The lowest BCUT2D eigenvalue weighted by Crippen LogP contribution is -1.92. The molecule has 0 bridgehead atoms. The van der Waals surface area contributed by atoms with Crippen LogP contribution in [0, 0.1) is 11.6 Å². The number of rotatable bonds is 3. The molecule has 2 aromatic rings. The van der Waals surface area contributed by atoms with Gasteiger partial charge in [0, 0.05) is 5.02 Å². The summed E-state index contributed by atoms with van der Waals surface area (Å²) in [6, 6.07) is 10.6. The number of hydrazone groups is 1. The number of nitrogens with zero attached hydrogens (tertiary/aromatic N) is 1. The fourth-order valence-electron chi connectivity index (χ4n) is 1.33. The van der Waals surface area contributed by atoms with E-state index < -0.39 is 11.6 Å². The topological polar surface area (TPSA) is 24.4 Å². The Labute approximate surface area is 108 Å². The van der Waals surface area contributed by atoms with Crippen molar-refractivity contribution in [3.8, 4) is 0 Å². The van der Waals surface area contributed by atoms with Gasteiger partial charge in [0.25, 0.3) is 0 Å². The standard InChI is InChI=1S/C13H9ClF2N2/c14-10-2-1-3-11(7-10)18-17-8-9-4-5-12(15)13(16)6-9/h1-8,18H/b17-8-. The fraction of sp³-hybridized carbons (Fsp3) is 0. The lowest BCUT2D eigenvalue weighted by Gasteiger charge is -2.00. The molecular weight excluding hydrogens is 258 g/mol. The van der Waals surface area contributed by atoms with E-state index in [1.807, 2.05) is 0 Å². The van der Waals surface area contributed by atoms with Crippen molar-refractivity contribution in [1.29, 1.82) is 0 Å². The van der Waals surface area contributed by atoms with Gasteiger partial charge in [0.2, 0.25) is 0 Å². The van der Waals surface area contributed by atoms with Gasteiger partial charge in [-0.1, -0.05) is 23.7 Å². The Bertz CT molecular complexity index is 585. The molecule has 2 rings (SSSR count). The van der Waals surface area contributed by atoms with Crippen molar-refractivity contribution in [1.82, 2.24) is 0 Å². The smallest absolute Gasteiger partial charge is 0.159 e. The Morgan fingerprint density at radius 3 is 2.61 bits per heavy atom. The van der Waals surface area contributed by atoms with Gasteiger partial charge in [-0.15, -0.1) is 0 Å². The largest absolute Gasteiger partial charge is 0.278 e. The Morgan fingerprint density at radius 2 is 1.89 bits per heavy atom. The molecule has 0 aliphatic carbocycles. The van der Waals surface area contributed by atoms with Crippen molar-refractivity contribution in [3.05, 3.63) is 64.7 Å². The summed E-state index contributed by atoms with van der Waals surface area (Å²) in [5.74, 6) is -1.78. The molecule has 0 amide bonds. The minimum atomic E-state index is -0.901. The highest BCUT2D eigenvalue weighted by Crippen LogP contribution is 2.14. The van der Waals surface area contributed by atoms with E-state index in [2.05, 4.69) is 10.5 Å². The van der Waals surface area contributed by atoms with Crippen LogP contribution in [0.5, 0.6) is 0 Å². The Hall–Kier alpha value is -1.94. The first-order valence-electron chi connectivity index (χ1n) is 5.15. The fourth-order valence-corrected chi connectivity index (χ4v) is 1.52. The van der Waals surface area contributed by atoms with Crippen LogP contribution >= 0.6 is 11.6 Å². The highest BCUT2D eigenvalue weighted by atomic mass is 35.5. The van der Waals surface area contributed by atoms with Gasteiger partial charge in [0.1, 0.15) is 0 Å². The quantitative estimate of drug-likeness (QED) is 0.657. The van der Waals surface area contributed by atoms with Gasteiger partial charge in [-0.05, 0) is 35.9 Å². The summed E-state index contributed by atoms with van der Waals surface area (Å²) < 4.78 is 25.6. The van der Waals surface area contributed by atoms with Crippen LogP contribution < -0.4 is 5.43 Å². The molecule has 0 saturated carbocycles. The molecule has 0 fully saturated rings. The van der Waals surface area contributed by atoms with Crippen LogP contribution in [-0.4, -0.2) is 6.21 Å². The summed E-state index contributed by atoms with van der Waals surface area (Å²) in [5, 5.41) is 4.49. The van der Waals surface area contributed by atoms with Crippen LogP contribution in [-0.2, 0) is 0 Å². The number of hydrogen-bond acceptors (Lipinski definition) is 2. The van der Waals surface area contributed by atoms with Crippen molar-refractivity contribution in [2.24, 2.45) is 5.10 Å². The summed E-state index contributed by atoms with van der Waals surface area (Å²) >= 11 is 5.80. The highest BCUT2D eigenvalue weighted by molar-refractivity contribution is 6.30. The van der Waals surface area contributed by atoms with Gasteiger partial charge in [0.05, 0.1) is 11.9 Å². The van der Waals surface area contributed by atoms with Crippen molar-refractivity contribution < 1.29 is 8.78 Å². The van der Waals surface area contributed by atoms with Gasteiger partial charge >= 0.3 is 0 Å². The normalized spacial score (nSPS) is 10.8. The number of anilines is 1. The third kappa shape index (κ3) is 3.28. The minimum Gasteiger partial charge on any atom is -0.278 e. The van der Waals surface area contributed by atoms with E-state index in [4.69, 9.17) is 11.6 Å². The van der Waals surface area contributed by atoms with Crippen molar-refractivity contribution in [2.75, 3.05) is 5.43 Å². The molecule has 18 heavy (non-hydrogen) atoms. The molecule has 0 radical (unpaired) electrons. The lowest BCUT2D eigenvalue weighted by molar-refractivity contribution is 0.508. The van der Waals surface area contributed by atoms with Crippen LogP contribution in [0.25, 0.3) is 0 Å². The summed E-state index contributed by atoms with van der Waals surface area (Å²) in [6.07, 6.45) is 1.39. The molecule has 2 nitrogen and oxygen atoms in total. The van der Waals surface area contributed by atoms with E-state index >= 15 is 0 Å². The molecule has 2 aromatic carbocycles. The second-order valence-corrected chi connectivity index (χ2v) is 3.99. The zero-order chi connectivity index (χ0) is 13.0. The molecule has 0 aliphatic rings. The van der Waals surface area contributed by atoms with Crippen molar-refractivity contribution in [2.45, 2.75) is 0 Å². The molecule has 0 spiro atoms. The molecule has 92 valence electrons. The maximum atomic E-state index is 12.9. The number of halogens is 3. The zero-order valence-electron chi connectivity index (χ0n) is 9.20. The van der Waals surface area contributed by atoms with E-state index in [1.165, 1.54) is 12.3 Å². The average molecular weight is 267 g/mol. The van der Waals surface area contributed by atoms with Crippen LogP contribution in [0.2, 0.25) is 5.02 Å². The molecule has 0 aliphatic heterocycles. The molecular formula is C13H9ClF2N2. The molecule has 1 N–H and O–H groups in total. The zero-order valence-corrected chi connectivity index (χ0v) is 9.96. The molecule has 0 saturated heterocycles. The van der Waals surface area contributed by atoms with Gasteiger partial charge < -0.3 is 0 Å². The maximum Gasteiger partial charge on any atom is 0.159 e. The second kappa shape index (κ2) is 5.60. The Kier molecular flexibility index (Phi) is 3.89. The molecule has 5 heteroatoms.